The van der Waals surface area contributed by atoms with E-state index in [0.29, 0.717) is 0 Å². The van der Waals surface area contributed by atoms with E-state index in [9.17, 15) is 4.79 Å². The van der Waals surface area contributed by atoms with E-state index in [0.717, 1.165) is 17.8 Å². The molecule has 4 aromatic rings. The Bertz CT molecular complexity index is 1150. The molecule has 0 bridgehead atoms. The first kappa shape index (κ1) is 20.9. The standard InChI is InChI=1S/C27H29N3O/c1-19(27(31)30(2)3)28-18-23(20-12-6-4-7-13-20)25-22-16-10-11-17-24(22)29-26(25)21-14-8-5-9-15-21/h4-17,19,23,28-29H,18H2,1-3H3/p+1/t19-,23+/m0/s1. The van der Waals surface area contributed by atoms with E-state index >= 15 is 0 Å². The summed E-state index contributed by atoms with van der Waals surface area (Å²) in [5, 5.41) is 3.39. The number of carbonyl (C=O) groups excluding carboxylic acids is 1. The van der Waals surface area contributed by atoms with Gasteiger partial charge in [-0.15, -0.1) is 0 Å². The number of aromatic amines is 1. The number of carbonyl (C=O) groups is 1. The Morgan fingerprint density at radius 1 is 0.903 bits per heavy atom. The number of H-pyrrole nitrogens is 1. The van der Waals surface area contributed by atoms with Gasteiger partial charge in [-0.2, -0.15) is 0 Å². The summed E-state index contributed by atoms with van der Waals surface area (Å²) in [6.45, 7) is 2.77. The maximum Gasteiger partial charge on any atom is 0.279 e. The van der Waals surface area contributed by atoms with Gasteiger partial charge in [0.2, 0.25) is 0 Å². The predicted molar refractivity (Wildman–Crippen MR) is 127 cm³/mol. The summed E-state index contributed by atoms with van der Waals surface area (Å²) < 4.78 is 0. The number of nitrogens with one attached hydrogen (secondary N) is 1. The second-order valence-corrected chi connectivity index (χ2v) is 8.28. The summed E-state index contributed by atoms with van der Waals surface area (Å²) in [4.78, 5) is 17.8. The van der Waals surface area contributed by atoms with E-state index in [-0.39, 0.29) is 17.9 Å². The van der Waals surface area contributed by atoms with Crippen LogP contribution in [-0.2, 0) is 4.79 Å². The molecule has 0 aliphatic heterocycles. The molecule has 2 atom stereocenters. The van der Waals surface area contributed by atoms with E-state index in [1.54, 1.807) is 4.90 Å². The Balaban J connectivity index is 1.82. The molecule has 0 radical (unpaired) electrons. The zero-order valence-electron chi connectivity index (χ0n) is 18.4. The Morgan fingerprint density at radius 2 is 1.52 bits per heavy atom. The normalized spacial score (nSPS) is 13.1. The highest BCUT2D eigenvalue weighted by Crippen LogP contribution is 2.38. The van der Waals surface area contributed by atoms with Crippen LogP contribution in [0.4, 0.5) is 0 Å². The second-order valence-electron chi connectivity index (χ2n) is 8.28. The monoisotopic (exact) mass is 412 g/mol. The number of amides is 1. The molecule has 158 valence electrons. The molecule has 1 aromatic heterocycles. The van der Waals surface area contributed by atoms with Gasteiger partial charge in [-0.05, 0) is 29.7 Å². The number of quaternary nitrogens is 1. The molecular weight excluding hydrogens is 382 g/mol. The quantitative estimate of drug-likeness (QED) is 0.474. The van der Waals surface area contributed by atoms with Gasteiger partial charge < -0.3 is 15.2 Å². The molecule has 3 N–H and O–H groups in total. The van der Waals surface area contributed by atoms with Gasteiger partial charge in [-0.1, -0.05) is 78.9 Å². The minimum Gasteiger partial charge on any atom is -0.354 e. The van der Waals surface area contributed by atoms with Crippen molar-refractivity contribution in [2.45, 2.75) is 18.9 Å². The molecule has 31 heavy (non-hydrogen) atoms. The molecule has 0 saturated heterocycles. The van der Waals surface area contributed by atoms with Crippen molar-refractivity contribution in [1.82, 2.24) is 9.88 Å². The lowest BCUT2D eigenvalue weighted by Crippen LogP contribution is -2.92. The minimum absolute atomic E-state index is 0.133. The predicted octanol–water partition coefficient (Wildman–Crippen LogP) is 4.01. The average Bonchev–Trinajstić information content (AvgIpc) is 3.19. The van der Waals surface area contributed by atoms with Crippen LogP contribution in [0.5, 0.6) is 0 Å². The Hall–Kier alpha value is -3.37. The van der Waals surface area contributed by atoms with Crippen LogP contribution < -0.4 is 5.32 Å². The third kappa shape index (κ3) is 4.39. The van der Waals surface area contributed by atoms with Crippen LogP contribution >= 0.6 is 0 Å². The van der Waals surface area contributed by atoms with Crippen molar-refractivity contribution in [1.29, 1.82) is 0 Å². The lowest BCUT2D eigenvalue weighted by atomic mass is 9.87. The number of aromatic nitrogens is 1. The van der Waals surface area contributed by atoms with E-state index in [1.165, 1.54) is 22.1 Å². The van der Waals surface area contributed by atoms with Gasteiger partial charge in [-0.3, -0.25) is 4.79 Å². The smallest absolute Gasteiger partial charge is 0.279 e. The number of hydrogen-bond donors (Lipinski definition) is 2. The first-order valence-electron chi connectivity index (χ1n) is 10.8. The molecule has 1 amide bonds. The molecule has 4 heteroatoms. The van der Waals surface area contributed by atoms with E-state index in [4.69, 9.17) is 0 Å². The van der Waals surface area contributed by atoms with Gasteiger partial charge in [0.25, 0.3) is 5.91 Å². The fraction of sp³-hybridized carbons (Fsp3) is 0.222. The van der Waals surface area contributed by atoms with Crippen molar-refractivity contribution in [3.8, 4) is 11.3 Å². The van der Waals surface area contributed by atoms with Gasteiger partial charge in [0.15, 0.2) is 6.04 Å². The summed E-state index contributed by atoms with van der Waals surface area (Å²) in [5.41, 5.74) is 6.00. The number of likely N-dealkylation sites (N-methyl/N-ethyl adjacent to an activating group) is 1. The Labute approximate surface area is 183 Å². The number of para-hydroxylation sites is 1. The van der Waals surface area contributed by atoms with Gasteiger partial charge in [0, 0.05) is 25.0 Å². The summed E-state index contributed by atoms with van der Waals surface area (Å²) >= 11 is 0. The van der Waals surface area contributed by atoms with Crippen LogP contribution in [0, 0.1) is 0 Å². The first-order chi connectivity index (χ1) is 15.1. The number of hydrogen-bond acceptors (Lipinski definition) is 1. The zero-order valence-corrected chi connectivity index (χ0v) is 18.4. The Morgan fingerprint density at radius 3 is 2.19 bits per heavy atom. The maximum absolute atomic E-state index is 12.5. The van der Waals surface area contributed by atoms with E-state index in [2.05, 4.69) is 89.2 Å². The molecule has 0 aliphatic rings. The zero-order chi connectivity index (χ0) is 21.8. The molecule has 1 heterocycles. The van der Waals surface area contributed by atoms with Gasteiger partial charge in [0.05, 0.1) is 18.2 Å². The molecule has 0 saturated carbocycles. The van der Waals surface area contributed by atoms with Crippen LogP contribution in [0.1, 0.15) is 24.0 Å². The summed E-state index contributed by atoms with van der Waals surface area (Å²) in [5.74, 6) is 0.277. The van der Waals surface area contributed by atoms with Crippen molar-refractivity contribution >= 4 is 16.8 Å². The number of fused-ring (bicyclic) bond motifs is 1. The van der Waals surface area contributed by atoms with Gasteiger partial charge in [-0.25, -0.2) is 0 Å². The summed E-state index contributed by atoms with van der Waals surface area (Å²) in [6, 6.07) is 29.5. The summed E-state index contributed by atoms with van der Waals surface area (Å²) in [7, 11) is 3.63. The third-order valence-electron chi connectivity index (χ3n) is 5.91. The van der Waals surface area contributed by atoms with Crippen LogP contribution in [0.25, 0.3) is 22.2 Å². The maximum atomic E-state index is 12.5. The van der Waals surface area contributed by atoms with Crippen LogP contribution in [0.3, 0.4) is 0 Å². The molecule has 0 aliphatic carbocycles. The molecule has 0 spiro atoms. The van der Waals surface area contributed by atoms with Gasteiger partial charge >= 0.3 is 0 Å². The highest BCUT2D eigenvalue weighted by molar-refractivity contribution is 5.92. The van der Waals surface area contributed by atoms with Crippen LogP contribution in [0.2, 0.25) is 0 Å². The molecule has 0 unspecified atom stereocenters. The first-order valence-corrected chi connectivity index (χ1v) is 10.8. The fourth-order valence-corrected chi connectivity index (χ4v) is 4.31. The largest absolute Gasteiger partial charge is 0.354 e. The second kappa shape index (κ2) is 9.19. The highest BCUT2D eigenvalue weighted by atomic mass is 16.2. The number of nitrogens with zero attached hydrogens (tertiary/aromatic N) is 1. The van der Waals surface area contributed by atoms with Crippen molar-refractivity contribution in [3.05, 3.63) is 96.1 Å². The van der Waals surface area contributed by atoms with Crippen molar-refractivity contribution < 1.29 is 10.1 Å². The lowest BCUT2D eigenvalue weighted by Gasteiger charge is -2.21. The average molecular weight is 413 g/mol. The lowest BCUT2D eigenvalue weighted by molar-refractivity contribution is -0.675. The topological polar surface area (TPSA) is 52.7 Å². The Kier molecular flexibility index (Phi) is 6.19. The fourth-order valence-electron chi connectivity index (χ4n) is 4.31. The van der Waals surface area contributed by atoms with E-state index < -0.39 is 0 Å². The molecular formula is C27H30N3O+. The number of rotatable bonds is 7. The van der Waals surface area contributed by atoms with E-state index in [1.807, 2.05) is 27.1 Å². The van der Waals surface area contributed by atoms with Crippen LogP contribution in [-0.4, -0.2) is 42.5 Å². The number of nitrogens with two attached hydrogens (primary N) is 1. The van der Waals surface area contributed by atoms with Crippen molar-refractivity contribution in [3.63, 3.8) is 0 Å². The van der Waals surface area contributed by atoms with Crippen molar-refractivity contribution in [2.24, 2.45) is 0 Å². The molecule has 3 aromatic carbocycles. The van der Waals surface area contributed by atoms with Gasteiger partial charge in [0.1, 0.15) is 0 Å². The highest BCUT2D eigenvalue weighted by Gasteiger charge is 2.27. The summed E-state index contributed by atoms with van der Waals surface area (Å²) in [6.07, 6.45) is 0. The molecule has 4 rings (SSSR count). The third-order valence-corrected chi connectivity index (χ3v) is 5.91. The SMILES string of the molecule is C[C@H]([NH2+]C[C@H](c1ccccc1)c1c(-c2ccccc2)[nH]c2ccccc12)C(=O)N(C)C. The number of benzene rings is 3. The molecule has 0 fully saturated rings. The van der Waals surface area contributed by atoms with Crippen LogP contribution in [0.15, 0.2) is 84.9 Å². The minimum atomic E-state index is -0.133. The van der Waals surface area contributed by atoms with Crippen molar-refractivity contribution in [2.75, 3.05) is 20.6 Å². The molecule has 4 nitrogen and oxygen atoms in total.